The molecule has 0 N–H and O–H groups in total. The molecule has 0 aromatic rings. The van der Waals surface area contributed by atoms with E-state index in [0.717, 1.165) is 5.92 Å². The maximum atomic E-state index is 2.30. The second-order valence-corrected chi connectivity index (χ2v) is 6.18. The van der Waals surface area contributed by atoms with Gasteiger partial charge in [-0.25, -0.2) is 0 Å². The molecular formula is C12H24S. The summed E-state index contributed by atoms with van der Waals surface area (Å²) in [5.41, 5.74) is 0.346. The minimum atomic E-state index is 0.346. The van der Waals surface area contributed by atoms with Gasteiger partial charge in [-0.2, -0.15) is 11.8 Å². The van der Waals surface area contributed by atoms with Crippen LogP contribution in [-0.4, -0.2) is 11.5 Å². The van der Waals surface area contributed by atoms with Crippen LogP contribution in [0.25, 0.3) is 0 Å². The lowest BCUT2D eigenvalue weighted by Crippen LogP contribution is -1.98. The van der Waals surface area contributed by atoms with E-state index in [2.05, 4.69) is 46.8 Å². The third-order valence-corrected chi connectivity index (χ3v) is 2.62. The first-order valence-corrected chi connectivity index (χ1v) is 6.33. The van der Waals surface area contributed by atoms with E-state index in [4.69, 9.17) is 0 Å². The summed E-state index contributed by atoms with van der Waals surface area (Å²) in [6.45, 7) is 11.3. The van der Waals surface area contributed by atoms with Crippen molar-refractivity contribution >= 4 is 11.8 Å². The molecule has 0 bridgehead atoms. The summed E-state index contributed by atoms with van der Waals surface area (Å²) < 4.78 is 0. The van der Waals surface area contributed by atoms with Crippen molar-refractivity contribution in [3.05, 3.63) is 12.2 Å². The van der Waals surface area contributed by atoms with E-state index >= 15 is 0 Å². The average molecular weight is 200 g/mol. The van der Waals surface area contributed by atoms with Crippen LogP contribution in [0, 0.1) is 11.3 Å². The van der Waals surface area contributed by atoms with Gasteiger partial charge in [0.05, 0.1) is 0 Å². The molecule has 1 heteroatoms. The van der Waals surface area contributed by atoms with E-state index in [0.29, 0.717) is 5.41 Å². The van der Waals surface area contributed by atoms with Gasteiger partial charge in [-0.3, -0.25) is 0 Å². The van der Waals surface area contributed by atoms with E-state index in [1.54, 1.807) is 0 Å². The second kappa shape index (κ2) is 6.53. The molecule has 0 fully saturated rings. The summed E-state index contributed by atoms with van der Waals surface area (Å²) in [6.07, 6.45) is 5.94. The Bertz CT molecular complexity index is 140. The van der Waals surface area contributed by atoms with Crippen LogP contribution in [0.2, 0.25) is 0 Å². The zero-order valence-electron chi connectivity index (χ0n) is 9.76. The van der Waals surface area contributed by atoms with Crippen LogP contribution in [0.3, 0.4) is 0 Å². The highest BCUT2D eigenvalue weighted by atomic mass is 32.2. The molecule has 0 saturated heterocycles. The lowest BCUT2D eigenvalue weighted by atomic mass is 9.97. The third kappa shape index (κ3) is 12.1. The van der Waals surface area contributed by atoms with Crippen molar-refractivity contribution in [2.75, 3.05) is 11.5 Å². The number of thioether (sulfide) groups is 1. The molecule has 0 unspecified atom stereocenters. The molecule has 0 nitrogen and oxygen atoms in total. The van der Waals surface area contributed by atoms with Crippen molar-refractivity contribution < 1.29 is 0 Å². The van der Waals surface area contributed by atoms with Gasteiger partial charge in [0.2, 0.25) is 0 Å². The summed E-state index contributed by atoms with van der Waals surface area (Å²) in [5, 5.41) is 0. The van der Waals surface area contributed by atoms with Gasteiger partial charge in [0.15, 0.2) is 0 Å². The lowest BCUT2D eigenvalue weighted by Gasteiger charge is -2.10. The summed E-state index contributed by atoms with van der Waals surface area (Å²) in [4.78, 5) is 0. The molecule has 0 aliphatic carbocycles. The normalized spacial score (nSPS) is 13.1. The summed E-state index contributed by atoms with van der Waals surface area (Å²) in [7, 11) is 0. The van der Waals surface area contributed by atoms with Crippen molar-refractivity contribution in [2.24, 2.45) is 11.3 Å². The maximum Gasteiger partial charge on any atom is 0.0113 e. The highest BCUT2D eigenvalue weighted by molar-refractivity contribution is 7.99. The van der Waals surface area contributed by atoms with E-state index in [1.165, 1.54) is 17.9 Å². The topological polar surface area (TPSA) is 0 Å². The fourth-order valence-electron chi connectivity index (χ4n) is 0.872. The molecule has 0 rings (SSSR count). The quantitative estimate of drug-likeness (QED) is 0.469. The van der Waals surface area contributed by atoms with Crippen LogP contribution in [-0.2, 0) is 0 Å². The predicted molar refractivity (Wildman–Crippen MR) is 65.4 cm³/mol. The Labute approximate surface area is 88.2 Å². The summed E-state index contributed by atoms with van der Waals surface area (Å²) in [5.74, 6) is 3.31. The van der Waals surface area contributed by atoms with Gasteiger partial charge < -0.3 is 0 Å². The summed E-state index contributed by atoms with van der Waals surface area (Å²) >= 11 is 2.04. The van der Waals surface area contributed by atoms with Gasteiger partial charge >= 0.3 is 0 Å². The van der Waals surface area contributed by atoms with Crippen LogP contribution < -0.4 is 0 Å². The van der Waals surface area contributed by atoms with Crippen molar-refractivity contribution in [1.82, 2.24) is 0 Å². The first-order chi connectivity index (χ1) is 5.92. The predicted octanol–water partition coefficient (Wildman–Crippen LogP) is 4.37. The number of allylic oxidation sites excluding steroid dienone is 1. The largest absolute Gasteiger partial charge is 0.158 e. The Morgan fingerprint density at radius 2 is 1.85 bits per heavy atom. The van der Waals surface area contributed by atoms with E-state index < -0.39 is 0 Å². The standard InChI is InChI=1S/C12H24S/c1-11(2)7-10-13-9-6-8-12(3,4)5/h6,8,11H,7,9-10H2,1-5H3/b8-6-. The van der Waals surface area contributed by atoms with Crippen molar-refractivity contribution in [1.29, 1.82) is 0 Å². The molecule has 0 amide bonds. The molecule has 0 saturated carbocycles. The fourth-order valence-corrected chi connectivity index (χ4v) is 1.91. The Morgan fingerprint density at radius 3 is 2.31 bits per heavy atom. The lowest BCUT2D eigenvalue weighted by molar-refractivity contribution is 0.543. The van der Waals surface area contributed by atoms with Crippen molar-refractivity contribution in [2.45, 2.75) is 41.0 Å². The molecule has 0 heterocycles. The molecule has 0 radical (unpaired) electrons. The molecule has 78 valence electrons. The number of hydrogen-bond donors (Lipinski definition) is 0. The molecule has 13 heavy (non-hydrogen) atoms. The van der Waals surface area contributed by atoms with Crippen LogP contribution in [0.15, 0.2) is 12.2 Å². The molecule has 0 aliphatic heterocycles. The molecule has 0 spiro atoms. The summed E-state index contributed by atoms with van der Waals surface area (Å²) in [6, 6.07) is 0. The van der Waals surface area contributed by atoms with Crippen molar-refractivity contribution in [3.8, 4) is 0 Å². The van der Waals surface area contributed by atoms with Crippen LogP contribution in [0.4, 0.5) is 0 Å². The molecule has 0 aromatic carbocycles. The maximum absolute atomic E-state index is 2.30. The van der Waals surface area contributed by atoms with Crippen LogP contribution in [0.5, 0.6) is 0 Å². The minimum Gasteiger partial charge on any atom is -0.158 e. The molecule has 0 aromatic heterocycles. The van der Waals surface area contributed by atoms with E-state index in [9.17, 15) is 0 Å². The van der Waals surface area contributed by atoms with Gasteiger partial charge in [0.25, 0.3) is 0 Å². The Balaban J connectivity index is 3.31. The third-order valence-electron chi connectivity index (χ3n) is 1.67. The first-order valence-electron chi connectivity index (χ1n) is 5.17. The highest BCUT2D eigenvalue weighted by Gasteiger charge is 2.02. The van der Waals surface area contributed by atoms with Gasteiger partial charge in [-0.05, 0) is 23.5 Å². The minimum absolute atomic E-state index is 0.346. The van der Waals surface area contributed by atoms with Gasteiger partial charge in [-0.1, -0.05) is 46.8 Å². The molecular weight excluding hydrogens is 176 g/mol. The monoisotopic (exact) mass is 200 g/mol. The smallest absolute Gasteiger partial charge is 0.0113 e. The molecule has 0 aliphatic rings. The Hall–Kier alpha value is 0.0900. The van der Waals surface area contributed by atoms with Gasteiger partial charge in [0, 0.05) is 5.75 Å². The van der Waals surface area contributed by atoms with Crippen LogP contribution >= 0.6 is 11.8 Å². The Kier molecular flexibility index (Phi) is 6.58. The highest BCUT2D eigenvalue weighted by Crippen LogP contribution is 2.15. The van der Waals surface area contributed by atoms with E-state index in [-0.39, 0.29) is 0 Å². The second-order valence-electron chi connectivity index (χ2n) is 5.03. The Morgan fingerprint density at radius 1 is 1.23 bits per heavy atom. The number of hydrogen-bond acceptors (Lipinski definition) is 1. The number of rotatable bonds is 5. The first kappa shape index (κ1) is 13.1. The SMILES string of the molecule is CC(C)CCSC/C=C\C(C)(C)C. The fraction of sp³-hybridized carbons (Fsp3) is 0.833. The van der Waals surface area contributed by atoms with Crippen LogP contribution in [0.1, 0.15) is 41.0 Å². The zero-order valence-corrected chi connectivity index (χ0v) is 10.6. The van der Waals surface area contributed by atoms with Gasteiger partial charge in [-0.15, -0.1) is 0 Å². The van der Waals surface area contributed by atoms with E-state index in [1.807, 2.05) is 11.8 Å². The zero-order chi connectivity index (χ0) is 10.3. The van der Waals surface area contributed by atoms with Gasteiger partial charge in [0.1, 0.15) is 0 Å². The molecule has 0 atom stereocenters. The van der Waals surface area contributed by atoms with Crippen molar-refractivity contribution in [3.63, 3.8) is 0 Å². The average Bonchev–Trinajstić information content (AvgIpc) is 1.93.